The van der Waals surface area contributed by atoms with Crippen LogP contribution in [-0.2, 0) is 15.9 Å². The maximum absolute atomic E-state index is 11.8. The molecule has 0 unspecified atom stereocenters. The molecule has 0 radical (unpaired) electrons. The zero-order chi connectivity index (χ0) is 12.6. The van der Waals surface area contributed by atoms with E-state index in [0.29, 0.717) is 30.8 Å². The zero-order valence-electron chi connectivity index (χ0n) is 10.1. The normalized spacial score (nSPS) is 18.3. The Balaban J connectivity index is 2.00. The molecule has 0 spiro atoms. The Bertz CT molecular complexity index is 623. The molecule has 0 N–H and O–H groups in total. The van der Waals surface area contributed by atoms with E-state index in [1.54, 1.807) is 6.07 Å². The van der Waals surface area contributed by atoms with Gasteiger partial charge < -0.3 is 13.9 Å². The quantitative estimate of drug-likeness (QED) is 0.814. The van der Waals surface area contributed by atoms with Gasteiger partial charge in [0.2, 0.25) is 0 Å². The third-order valence-corrected chi connectivity index (χ3v) is 3.11. The molecule has 1 aromatic carbocycles. The van der Waals surface area contributed by atoms with E-state index in [1.165, 1.54) is 0 Å². The van der Waals surface area contributed by atoms with Crippen LogP contribution < -0.4 is 5.63 Å². The van der Waals surface area contributed by atoms with Crippen molar-refractivity contribution in [1.82, 2.24) is 0 Å². The number of fused-ring (bicyclic) bond motifs is 1. The first kappa shape index (κ1) is 11.4. The molecule has 1 fully saturated rings. The molecule has 4 nitrogen and oxygen atoms in total. The third kappa shape index (κ3) is 2.05. The average molecular weight is 246 g/mol. The average Bonchev–Trinajstić information content (AvgIpc) is 2.76. The SMILES string of the molecule is CC1(Cc2cc3ccccc3c(=O)o2)OCCO1. The van der Waals surface area contributed by atoms with Crippen molar-refractivity contribution in [3.8, 4) is 0 Å². The Morgan fingerprint density at radius 1 is 1.22 bits per heavy atom. The Morgan fingerprint density at radius 3 is 2.72 bits per heavy atom. The minimum Gasteiger partial charge on any atom is -0.427 e. The molecule has 1 aliphatic heterocycles. The highest BCUT2D eigenvalue weighted by molar-refractivity contribution is 5.81. The smallest absolute Gasteiger partial charge is 0.343 e. The number of ether oxygens (including phenoxy) is 2. The van der Waals surface area contributed by atoms with Gasteiger partial charge in [-0.25, -0.2) is 4.79 Å². The van der Waals surface area contributed by atoms with E-state index >= 15 is 0 Å². The second kappa shape index (κ2) is 4.23. The van der Waals surface area contributed by atoms with Gasteiger partial charge in [-0.2, -0.15) is 0 Å². The van der Waals surface area contributed by atoms with Crippen molar-refractivity contribution in [3.05, 3.63) is 46.5 Å². The van der Waals surface area contributed by atoms with Crippen LogP contribution in [0.15, 0.2) is 39.5 Å². The van der Waals surface area contributed by atoms with Crippen molar-refractivity contribution in [1.29, 1.82) is 0 Å². The van der Waals surface area contributed by atoms with Gasteiger partial charge in [0.1, 0.15) is 5.76 Å². The number of hydrogen-bond donors (Lipinski definition) is 0. The van der Waals surface area contributed by atoms with Crippen molar-refractivity contribution < 1.29 is 13.9 Å². The maximum atomic E-state index is 11.8. The van der Waals surface area contributed by atoms with E-state index < -0.39 is 5.79 Å². The highest BCUT2D eigenvalue weighted by atomic mass is 16.7. The first-order valence-corrected chi connectivity index (χ1v) is 5.96. The largest absolute Gasteiger partial charge is 0.427 e. The first-order valence-electron chi connectivity index (χ1n) is 5.96. The van der Waals surface area contributed by atoms with Gasteiger partial charge in [0.15, 0.2) is 5.79 Å². The molecule has 1 saturated heterocycles. The van der Waals surface area contributed by atoms with Crippen LogP contribution in [0, 0.1) is 0 Å². The van der Waals surface area contributed by atoms with Crippen LogP contribution in [0.25, 0.3) is 10.8 Å². The van der Waals surface area contributed by atoms with Gasteiger partial charge in [-0.15, -0.1) is 0 Å². The standard InChI is InChI=1S/C14H14O4/c1-14(16-6-7-17-14)9-11-8-10-4-2-3-5-12(10)13(15)18-11/h2-5,8H,6-7,9H2,1H3. The molecule has 2 heterocycles. The number of hydrogen-bond acceptors (Lipinski definition) is 4. The molecule has 1 aromatic heterocycles. The second-order valence-corrected chi connectivity index (χ2v) is 4.59. The van der Waals surface area contributed by atoms with Crippen molar-refractivity contribution >= 4 is 10.8 Å². The minimum atomic E-state index is -0.682. The fourth-order valence-electron chi connectivity index (χ4n) is 2.25. The van der Waals surface area contributed by atoms with Crippen LogP contribution in [0.3, 0.4) is 0 Å². The lowest BCUT2D eigenvalue weighted by atomic mass is 10.1. The van der Waals surface area contributed by atoms with Crippen LogP contribution in [0.1, 0.15) is 12.7 Å². The summed E-state index contributed by atoms with van der Waals surface area (Å²) in [6.45, 7) is 3.01. The summed E-state index contributed by atoms with van der Waals surface area (Å²) in [5, 5.41) is 1.48. The Kier molecular flexibility index (Phi) is 2.69. The van der Waals surface area contributed by atoms with Crippen molar-refractivity contribution in [2.24, 2.45) is 0 Å². The van der Waals surface area contributed by atoms with Crippen LogP contribution in [0.4, 0.5) is 0 Å². The van der Waals surface area contributed by atoms with Crippen molar-refractivity contribution in [3.63, 3.8) is 0 Å². The van der Waals surface area contributed by atoms with E-state index in [0.717, 1.165) is 5.39 Å². The predicted molar refractivity (Wildman–Crippen MR) is 66.5 cm³/mol. The monoisotopic (exact) mass is 246 g/mol. The minimum absolute atomic E-state index is 0.315. The van der Waals surface area contributed by atoms with Gasteiger partial charge in [-0.1, -0.05) is 18.2 Å². The van der Waals surface area contributed by atoms with Crippen molar-refractivity contribution in [2.75, 3.05) is 13.2 Å². The van der Waals surface area contributed by atoms with E-state index in [1.807, 2.05) is 31.2 Å². The van der Waals surface area contributed by atoms with Gasteiger partial charge in [0.25, 0.3) is 0 Å². The molecule has 2 aromatic rings. The van der Waals surface area contributed by atoms with E-state index in [4.69, 9.17) is 13.9 Å². The van der Waals surface area contributed by atoms with E-state index in [2.05, 4.69) is 0 Å². The fraction of sp³-hybridized carbons (Fsp3) is 0.357. The lowest BCUT2D eigenvalue weighted by Gasteiger charge is -2.21. The topological polar surface area (TPSA) is 48.7 Å². The Hall–Kier alpha value is -1.65. The number of benzene rings is 1. The molecule has 4 heteroatoms. The lowest BCUT2D eigenvalue weighted by Crippen LogP contribution is -2.28. The molecule has 1 aliphatic rings. The zero-order valence-corrected chi connectivity index (χ0v) is 10.1. The van der Waals surface area contributed by atoms with E-state index in [9.17, 15) is 4.79 Å². The van der Waals surface area contributed by atoms with Crippen LogP contribution in [0.5, 0.6) is 0 Å². The molecule has 0 amide bonds. The summed E-state index contributed by atoms with van der Waals surface area (Å²) in [5.74, 6) is -0.0959. The molecule has 3 rings (SSSR count). The molecule has 0 bridgehead atoms. The number of rotatable bonds is 2. The Labute approximate surface area is 104 Å². The van der Waals surface area contributed by atoms with Gasteiger partial charge in [0.05, 0.1) is 25.0 Å². The summed E-state index contributed by atoms with van der Waals surface area (Å²) in [5.41, 5.74) is -0.315. The molecule has 94 valence electrons. The second-order valence-electron chi connectivity index (χ2n) is 4.59. The van der Waals surface area contributed by atoms with Gasteiger partial charge >= 0.3 is 5.63 Å². The molecular weight excluding hydrogens is 232 g/mol. The van der Waals surface area contributed by atoms with Gasteiger partial charge in [-0.3, -0.25) is 0 Å². The lowest BCUT2D eigenvalue weighted by molar-refractivity contribution is -0.143. The van der Waals surface area contributed by atoms with Crippen LogP contribution in [0.2, 0.25) is 0 Å². The summed E-state index contributed by atoms with van der Waals surface area (Å²) in [6.07, 6.45) is 0.438. The van der Waals surface area contributed by atoms with Crippen LogP contribution in [-0.4, -0.2) is 19.0 Å². The van der Waals surface area contributed by atoms with E-state index in [-0.39, 0.29) is 5.63 Å². The molecule has 0 atom stereocenters. The molecule has 0 aliphatic carbocycles. The van der Waals surface area contributed by atoms with Gasteiger partial charge in [-0.05, 0) is 24.4 Å². The van der Waals surface area contributed by atoms with Crippen molar-refractivity contribution in [2.45, 2.75) is 19.1 Å². The summed E-state index contributed by atoms with van der Waals surface area (Å²) in [6, 6.07) is 9.25. The van der Waals surface area contributed by atoms with Crippen LogP contribution >= 0.6 is 0 Å². The predicted octanol–water partition coefficient (Wildman–Crippen LogP) is 2.10. The summed E-state index contributed by atoms with van der Waals surface area (Å²) >= 11 is 0. The highest BCUT2D eigenvalue weighted by Gasteiger charge is 2.32. The maximum Gasteiger partial charge on any atom is 0.343 e. The summed E-state index contributed by atoms with van der Waals surface area (Å²) < 4.78 is 16.3. The summed E-state index contributed by atoms with van der Waals surface area (Å²) in [4.78, 5) is 11.8. The fourth-order valence-corrected chi connectivity index (χ4v) is 2.25. The Morgan fingerprint density at radius 2 is 1.94 bits per heavy atom. The highest BCUT2D eigenvalue weighted by Crippen LogP contribution is 2.24. The first-order chi connectivity index (χ1) is 8.66. The molecule has 18 heavy (non-hydrogen) atoms. The van der Waals surface area contributed by atoms with Gasteiger partial charge in [0, 0.05) is 0 Å². The molecular formula is C14H14O4. The summed E-state index contributed by atoms with van der Waals surface area (Å²) in [7, 11) is 0. The molecule has 0 saturated carbocycles. The third-order valence-electron chi connectivity index (χ3n) is 3.11.